The monoisotopic (exact) mass is 417 g/mol. The van der Waals surface area contributed by atoms with Crippen LogP contribution < -0.4 is 0 Å². The molecule has 0 aromatic heterocycles. The third-order valence-electron chi connectivity index (χ3n) is 9.65. The molecule has 0 radical (unpaired) electrons. The summed E-state index contributed by atoms with van der Waals surface area (Å²) in [7, 11) is 0. The molecule has 0 N–H and O–H groups in total. The van der Waals surface area contributed by atoms with E-state index in [0.29, 0.717) is 35.5 Å². The maximum absolute atomic E-state index is 12.3. The van der Waals surface area contributed by atoms with Crippen molar-refractivity contribution in [2.24, 2.45) is 40.4 Å². The molecule has 5 heteroatoms. The zero-order valence-corrected chi connectivity index (χ0v) is 19.1. The number of Topliss-reactive ketones (excluding diaryl/α,β-unsaturated/α-hetero) is 1. The Bertz CT molecular complexity index is 789. The molecule has 0 saturated heterocycles. The van der Waals surface area contributed by atoms with E-state index in [-0.39, 0.29) is 21.8 Å². The predicted molar refractivity (Wildman–Crippen MR) is 118 cm³/mol. The van der Waals surface area contributed by atoms with Gasteiger partial charge in [-0.2, -0.15) is 0 Å². The first-order chi connectivity index (χ1) is 13.6. The Morgan fingerprint density at radius 1 is 1.17 bits per heavy atom. The Hall–Kier alpha value is -1.10. The molecule has 29 heavy (non-hydrogen) atoms. The van der Waals surface area contributed by atoms with E-state index in [2.05, 4.69) is 27.7 Å². The fraction of sp³-hybridized carbons (Fsp3) is 0.833. The number of carbonyl (C=O) groups excluding carboxylic acids is 1. The van der Waals surface area contributed by atoms with Gasteiger partial charge in [0.2, 0.25) is 5.78 Å². The summed E-state index contributed by atoms with van der Waals surface area (Å²) in [5.74, 6) is 2.99. The van der Waals surface area contributed by atoms with Crippen LogP contribution in [0.15, 0.2) is 11.3 Å². The van der Waals surface area contributed by atoms with Crippen molar-refractivity contribution >= 4 is 22.9 Å². The average Bonchev–Trinajstić information content (AvgIpc) is 2.98. The topological polar surface area (TPSA) is 60.2 Å². The van der Waals surface area contributed by atoms with Crippen LogP contribution >= 0.6 is 12.2 Å². The first-order valence-electron chi connectivity index (χ1n) is 11.5. The zero-order valence-electron chi connectivity index (χ0n) is 18.3. The summed E-state index contributed by atoms with van der Waals surface area (Å²) < 4.78 is 0. The lowest BCUT2D eigenvalue weighted by Gasteiger charge is -2.58. The van der Waals surface area contributed by atoms with Crippen LogP contribution in [0.25, 0.3) is 0 Å². The lowest BCUT2D eigenvalue weighted by molar-refractivity contribution is -0.422. The summed E-state index contributed by atoms with van der Waals surface area (Å²) in [5, 5.41) is 11.7. The molecule has 0 amide bonds. The van der Waals surface area contributed by atoms with Crippen LogP contribution in [0.5, 0.6) is 0 Å². The van der Waals surface area contributed by atoms with Gasteiger partial charge in [-0.3, -0.25) is 14.9 Å². The molecular weight excluding hydrogens is 382 g/mol. The first kappa shape index (κ1) is 21.1. The second-order valence-electron chi connectivity index (χ2n) is 11.0. The maximum Gasteiger partial charge on any atom is 0.311 e. The van der Waals surface area contributed by atoms with Crippen LogP contribution in [0.2, 0.25) is 0 Å². The van der Waals surface area contributed by atoms with Gasteiger partial charge in [-0.15, -0.1) is 0 Å². The molecule has 0 aliphatic heterocycles. The molecule has 4 nitrogen and oxygen atoms in total. The Morgan fingerprint density at radius 2 is 1.90 bits per heavy atom. The normalized spacial score (nSPS) is 42.7. The van der Waals surface area contributed by atoms with E-state index in [4.69, 9.17) is 12.2 Å². The highest BCUT2D eigenvalue weighted by atomic mass is 32.1. The number of rotatable bonds is 4. The number of nitrogens with zero attached hydrogens (tertiary/aromatic N) is 1. The van der Waals surface area contributed by atoms with Crippen LogP contribution in [0, 0.1) is 50.5 Å². The van der Waals surface area contributed by atoms with Crippen LogP contribution in [-0.4, -0.2) is 15.6 Å². The van der Waals surface area contributed by atoms with Gasteiger partial charge in [0, 0.05) is 12.0 Å². The van der Waals surface area contributed by atoms with Crippen molar-refractivity contribution in [1.29, 1.82) is 0 Å². The molecule has 7 atom stereocenters. The fourth-order valence-electron chi connectivity index (χ4n) is 8.47. The summed E-state index contributed by atoms with van der Waals surface area (Å²) in [4.78, 5) is 24.7. The van der Waals surface area contributed by atoms with Crippen LogP contribution in [0.4, 0.5) is 0 Å². The third kappa shape index (κ3) is 3.14. The lowest BCUT2D eigenvalue weighted by atomic mass is 9.46. The van der Waals surface area contributed by atoms with Crippen LogP contribution in [0.1, 0.15) is 85.5 Å². The van der Waals surface area contributed by atoms with E-state index in [1.807, 2.05) is 0 Å². The molecule has 0 spiro atoms. The van der Waals surface area contributed by atoms with E-state index in [9.17, 15) is 14.9 Å². The minimum atomic E-state index is -0.386. The van der Waals surface area contributed by atoms with Gasteiger partial charge in [0.15, 0.2) is 0 Å². The van der Waals surface area contributed by atoms with Crippen molar-refractivity contribution in [2.45, 2.75) is 85.5 Å². The number of carbonyl (C=O) groups is 1. The number of ketones is 1. The van der Waals surface area contributed by atoms with Gasteiger partial charge in [0.05, 0.1) is 4.92 Å². The van der Waals surface area contributed by atoms with E-state index in [1.54, 1.807) is 0 Å². The Balaban J connectivity index is 1.64. The predicted octanol–water partition coefficient (Wildman–Crippen LogP) is 6.15. The van der Waals surface area contributed by atoms with Gasteiger partial charge in [-0.05, 0) is 104 Å². The second kappa shape index (κ2) is 7.25. The summed E-state index contributed by atoms with van der Waals surface area (Å²) in [6, 6.07) is 0. The lowest BCUT2D eigenvalue weighted by Crippen LogP contribution is -2.51. The Morgan fingerprint density at radius 3 is 2.55 bits per heavy atom. The van der Waals surface area contributed by atoms with Crippen molar-refractivity contribution in [3.8, 4) is 0 Å². The number of allylic oxidation sites excluding steroid dienone is 1. The van der Waals surface area contributed by atoms with E-state index in [0.717, 1.165) is 48.5 Å². The smallest absolute Gasteiger partial charge is 0.287 e. The van der Waals surface area contributed by atoms with Crippen LogP contribution in [0.3, 0.4) is 0 Å². The molecule has 0 aromatic carbocycles. The molecule has 160 valence electrons. The van der Waals surface area contributed by atoms with Gasteiger partial charge in [-0.25, -0.2) is 0 Å². The molecule has 0 bridgehead atoms. The average molecular weight is 418 g/mol. The molecular formula is C24H35NO3S. The minimum Gasteiger partial charge on any atom is -0.287 e. The van der Waals surface area contributed by atoms with Crippen LogP contribution in [-0.2, 0) is 4.79 Å². The third-order valence-corrected chi connectivity index (χ3v) is 9.81. The molecule has 4 aliphatic carbocycles. The van der Waals surface area contributed by atoms with Gasteiger partial charge in [0.1, 0.15) is 0 Å². The number of hydrogen-bond acceptors (Lipinski definition) is 4. The summed E-state index contributed by atoms with van der Waals surface area (Å²) in [5.41, 5.74) is 1.04. The highest BCUT2D eigenvalue weighted by Gasteiger charge is 2.61. The first-order valence-corrected chi connectivity index (χ1v) is 11.9. The molecule has 0 aromatic rings. The molecule has 1 unspecified atom stereocenters. The maximum atomic E-state index is 12.3. The van der Waals surface area contributed by atoms with Crippen molar-refractivity contribution < 1.29 is 9.72 Å². The molecule has 3 fully saturated rings. The fourth-order valence-corrected chi connectivity index (χ4v) is 8.73. The van der Waals surface area contributed by atoms with E-state index < -0.39 is 0 Å². The molecule has 4 aliphatic rings. The van der Waals surface area contributed by atoms with Crippen molar-refractivity contribution in [3.63, 3.8) is 0 Å². The van der Waals surface area contributed by atoms with Gasteiger partial charge in [-0.1, -0.05) is 33.0 Å². The van der Waals surface area contributed by atoms with E-state index >= 15 is 0 Å². The van der Waals surface area contributed by atoms with Gasteiger partial charge < -0.3 is 0 Å². The molecule has 4 rings (SSSR count). The Labute approximate surface area is 180 Å². The number of fused-ring (bicyclic) bond motifs is 5. The van der Waals surface area contributed by atoms with Crippen molar-refractivity contribution in [2.75, 3.05) is 0 Å². The standard InChI is InChI=1S/C24H35NO3S/c1-14(13-15(2)29)17-7-8-18-16-5-6-20-22(25(27)28)21(26)10-12-24(20,4)19(16)9-11-23(17,18)3/h14,16-19H,5-13H2,1-4H3/t14?,16-,17+,18-,19-,23+,24+/m0/s1. The Kier molecular flexibility index (Phi) is 5.28. The highest BCUT2D eigenvalue weighted by Crippen LogP contribution is 2.68. The second-order valence-corrected chi connectivity index (χ2v) is 11.6. The zero-order chi connectivity index (χ0) is 21.1. The van der Waals surface area contributed by atoms with Gasteiger partial charge >= 0.3 is 5.70 Å². The summed E-state index contributed by atoms with van der Waals surface area (Å²) >= 11 is 5.42. The number of thiocarbonyl (C=S) groups is 1. The highest BCUT2D eigenvalue weighted by molar-refractivity contribution is 7.80. The minimum absolute atomic E-state index is 0.0556. The van der Waals surface area contributed by atoms with E-state index in [1.165, 1.54) is 19.3 Å². The molecule has 0 heterocycles. The SMILES string of the molecule is CC(=S)CC(C)[C@H]1CC[C@H]2[C@@H]3CCC4=C([N+](=O)[O-])C(=O)CC[C@]4(C)[C@H]3CC[C@]12C. The number of hydrogen-bond donors (Lipinski definition) is 0. The number of nitro groups is 1. The quantitative estimate of drug-likeness (QED) is 0.312. The summed E-state index contributed by atoms with van der Waals surface area (Å²) in [6.07, 6.45) is 8.91. The van der Waals surface area contributed by atoms with Gasteiger partial charge in [0.25, 0.3) is 0 Å². The summed E-state index contributed by atoms with van der Waals surface area (Å²) in [6.45, 7) is 9.23. The van der Waals surface area contributed by atoms with Crippen molar-refractivity contribution in [3.05, 3.63) is 21.4 Å². The van der Waals surface area contributed by atoms with Crippen molar-refractivity contribution in [1.82, 2.24) is 0 Å². The largest absolute Gasteiger partial charge is 0.311 e. The molecule has 3 saturated carbocycles.